The molecule has 1 fully saturated rings. The highest BCUT2D eigenvalue weighted by Gasteiger charge is 2.32. The van der Waals surface area contributed by atoms with Gasteiger partial charge in [-0.25, -0.2) is 0 Å². The number of nitrogens with one attached hydrogen (secondary N) is 1. The summed E-state index contributed by atoms with van der Waals surface area (Å²) in [6, 6.07) is -0.844. The standard InChI is InChI=1S/C8H14N2O5/c11-4-5(12)2-10-3-7(13)9-1-6(10)8(14)15/h5-6,11-12H,1-4H2,(H,9,13)(H,14,15). The van der Waals surface area contributed by atoms with Crippen LogP contribution in [0.15, 0.2) is 0 Å². The second-order valence-corrected chi connectivity index (χ2v) is 3.42. The average Bonchev–Trinajstić information content (AvgIpc) is 2.17. The van der Waals surface area contributed by atoms with Crippen LogP contribution in [0.2, 0.25) is 0 Å². The van der Waals surface area contributed by atoms with Gasteiger partial charge in [0.15, 0.2) is 0 Å². The molecule has 1 amide bonds. The van der Waals surface area contributed by atoms with Crippen molar-refractivity contribution in [2.75, 3.05) is 26.2 Å². The van der Waals surface area contributed by atoms with Gasteiger partial charge in [-0.05, 0) is 0 Å². The van der Waals surface area contributed by atoms with Gasteiger partial charge >= 0.3 is 5.97 Å². The summed E-state index contributed by atoms with van der Waals surface area (Å²) in [6.45, 7) is -0.536. The maximum absolute atomic E-state index is 11.0. The van der Waals surface area contributed by atoms with Gasteiger partial charge in [-0.2, -0.15) is 0 Å². The summed E-state index contributed by atoms with van der Waals surface area (Å²) in [5.41, 5.74) is 0. The molecule has 0 aromatic rings. The number of carboxylic acids is 1. The highest BCUT2D eigenvalue weighted by atomic mass is 16.4. The zero-order valence-corrected chi connectivity index (χ0v) is 8.09. The van der Waals surface area contributed by atoms with E-state index in [2.05, 4.69) is 5.32 Å². The second kappa shape index (κ2) is 5.06. The van der Waals surface area contributed by atoms with Crippen LogP contribution in [-0.2, 0) is 9.59 Å². The molecule has 1 saturated heterocycles. The smallest absolute Gasteiger partial charge is 0.322 e. The second-order valence-electron chi connectivity index (χ2n) is 3.42. The van der Waals surface area contributed by atoms with E-state index in [9.17, 15) is 14.7 Å². The predicted molar refractivity (Wildman–Crippen MR) is 49.1 cm³/mol. The predicted octanol–water partition coefficient (Wildman–Crippen LogP) is -2.78. The molecule has 0 aromatic carbocycles. The van der Waals surface area contributed by atoms with Crippen LogP contribution in [0, 0.1) is 0 Å². The molecule has 86 valence electrons. The zero-order valence-electron chi connectivity index (χ0n) is 8.09. The van der Waals surface area contributed by atoms with Gasteiger partial charge in [0.1, 0.15) is 6.04 Å². The van der Waals surface area contributed by atoms with Crippen LogP contribution in [0.1, 0.15) is 0 Å². The summed E-state index contributed by atoms with van der Waals surface area (Å²) < 4.78 is 0. The first kappa shape index (κ1) is 11.9. The van der Waals surface area contributed by atoms with Crippen LogP contribution < -0.4 is 5.32 Å². The van der Waals surface area contributed by atoms with Crippen LogP contribution in [0.3, 0.4) is 0 Å². The van der Waals surface area contributed by atoms with E-state index in [-0.39, 0.29) is 25.5 Å². The number of aliphatic carboxylic acids is 1. The SMILES string of the molecule is O=C1CN(CC(O)CO)C(C(=O)O)CN1. The van der Waals surface area contributed by atoms with Crippen molar-refractivity contribution in [1.29, 1.82) is 0 Å². The summed E-state index contributed by atoms with van der Waals surface area (Å²) in [5, 5.41) is 29.1. The first-order chi connectivity index (χ1) is 7.04. The van der Waals surface area contributed by atoms with Gasteiger partial charge in [-0.3, -0.25) is 14.5 Å². The molecule has 2 unspecified atom stereocenters. The molecule has 2 atom stereocenters. The third kappa shape index (κ3) is 3.15. The van der Waals surface area contributed by atoms with Gasteiger partial charge in [0.2, 0.25) is 5.91 Å². The van der Waals surface area contributed by atoms with E-state index >= 15 is 0 Å². The number of rotatable bonds is 4. The Hall–Kier alpha value is -1.18. The first-order valence-corrected chi connectivity index (χ1v) is 4.57. The van der Waals surface area contributed by atoms with E-state index in [0.717, 1.165) is 0 Å². The van der Waals surface area contributed by atoms with Crippen molar-refractivity contribution in [3.8, 4) is 0 Å². The lowest BCUT2D eigenvalue weighted by atomic mass is 10.1. The quantitative estimate of drug-likeness (QED) is 0.406. The lowest BCUT2D eigenvalue weighted by Crippen LogP contribution is -2.59. The number of piperazine rings is 1. The number of aliphatic hydroxyl groups excluding tert-OH is 2. The minimum atomic E-state index is -1.06. The van der Waals surface area contributed by atoms with Crippen molar-refractivity contribution in [2.24, 2.45) is 0 Å². The van der Waals surface area contributed by atoms with Crippen molar-refractivity contribution in [1.82, 2.24) is 10.2 Å². The normalized spacial score (nSPS) is 24.7. The summed E-state index contributed by atoms with van der Waals surface area (Å²) >= 11 is 0. The molecule has 7 heteroatoms. The van der Waals surface area contributed by atoms with Crippen molar-refractivity contribution >= 4 is 11.9 Å². The maximum Gasteiger partial charge on any atom is 0.322 e. The summed E-state index contributed by atoms with van der Waals surface area (Å²) in [5.74, 6) is -1.34. The van der Waals surface area contributed by atoms with E-state index in [0.29, 0.717) is 0 Å². The van der Waals surface area contributed by atoms with Gasteiger partial charge < -0.3 is 20.6 Å². The Balaban J connectivity index is 2.61. The Labute approximate surface area is 86.3 Å². The largest absolute Gasteiger partial charge is 0.480 e. The lowest BCUT2D eigenvalue weighted by molar-refractivity contribution is -0.146. The number of carbonyl (C=O) groups is 2. The number of nitrogens with zero attached hydrogens (tertiary/aromatic N) is 1. The van der Waals surface area contributed by atoms with Gasteiger partial charge in [-0.15, -0.1) is 0 Å². The van der Waals surface area contributed by atoms with Crippen molar-refractivity contribution in [3.05, 3.63) is 0 Å². The van der Waals surface area contributed by atoms with Crippen LogP contribution >= 0.6 is 0 Å². The molecule has 4 N–H and O–H groups in total. The molecule has 1 aliphatic rings. The fraction of sp³-hybridized carbons (Fsp3) is 0.750. The fourth-order valence-electron chi connectivity index (χ4n) is 1.45. The van der Waals surface area contributed by atoms with Gasteiger partial charge in [-0.1, -0.05) is 0 Å². The molecule has 1 rings (SSSR count). The summed E-state index contributed by atoms with van der Waals surface area (Å²) in [4.78, 5) is 23.2. The molecule has 0 bridgehead atoms. The highest BCUT2D eigenvalue weighted by molar-refractivity contribution is 5.83. The first-order valence-electron chi connectivity index (χ1n) is 4.57. The number of amides is 1. The van der Waals surface area contributed by atoms with E-state index < -0.39 is 24.7 Å². The minimum absolute atomic E-state index is 0.0202. The zero-order chi connectivity index (χ0) is 11.4. The number of aliphatic hydroxyl groups is 2. The Bertz CT molecular complexity index is 257. The third-order valence-electron chi connectivity index (χ3n) is 2.22. The van der Waals surface area contributed by atoms with Crippen molar-refractivity contribution < 1.29 is 24.9 Å². The van der Waals surface area contributed by atoms with E-state index in [1.165, 1.54) is 4.90 Å². The number of carboxylic acid groups (broad SMARTS) is 1. The Morgan fingerprint density at radius 1 is 1.67 bits per heavy atom. The number of carbonyl (C=O) groups excluding carboxylic acids is 1. The van der Waals surface area contributed by atoms with Gasteiger partial charge in [0, 0.05) is 13.1 Å². The Morgan fingerprint density at radius 2 is 2.33 bits per heavy atom. The topological polar surface area (TPSA) is 110 Å². The summed E-state index contributed by atoms with van der Waals surface area (Å²) in [7, 11) is 0. The van der Waals surface area contributed by atoms with E-state index in [1.807, 2.05) is 0 Å². The van der Waals surface area contributed by atoms with Gasteiger partial charge in [0.25, 0.3) is 0 Å². The lowest BCUT2D eigenvalue weighted by Gasteiger charge is -2.33. The molecule has 1 heterocycles. The van der Waals surface area contributed by atoms with Crippen molar-refractivity contribution in [2.45, 2.75) is 12.1 Å². The molecule has 0 aliphatic carbocycles. The molecule has 0 radical (unpaired) electrons. The minimum Gasteiger partial charge on any atom is -0.480 e. The molecule has 0 spiro atoms. The monoisotopic (exact) mass is 218 g/mol. The number of β-amino-alcohol motifs (C(OH)–C–C–N with tert-alkyl or cyclic N) is 1. The molecular weight excluding hydrogens is 204 g/mol. The number of hydrogen-bond acceptors (Lipinski definition) is 5. The van der Waals surface area contributed by atoms with Gasteiger partial charge in [0.05, 0.1) is 19.3 Å². The van der Waals surface area contributed by atoms with Crippen LogP contribution in [0.4, 0.5) is 0 Å². The van der Waals surface area contributed by atoms with Crippen LogP contribution in [-0.4, -0.2) is 70.5 Å². The van der Waals surface area contributed by atoms with E-state index in [1.54, 1.807) is 0 Å². The fourth-order valence-corrected chi connectivity index (χ4v) is 1.45. The third-order valence-corrected chi connectivity index (χ3v) is 2.22. The van der Waals surface area contributed by atoms with Crippen LogP contribution in [0.25, 0.3) is 0 Å². The van der Waals surface area contributed by atoms with E-state index in [4.69, 9.17) is 10.2 Å². The molecule has 15 heavy (non-hydrogen) atoms. The molecule has 1 aliphatic heterocycles. The molecule has 7 nitrogen and oxygen atoms in total. The molecule has 0 saturated carbocycles. The van der Waals surface area contributed by atoms with Crippen molar-refractivity contribution in [3.63, 3.8) is 0 Å². The Kier molecular flexibility index (Phi) is 4.01. The average molecular weight is 218 g/mol. The molecular formula is C8H14N2O5. The summed E-state index contributed by atoms with van der Waals surface area (Å²) in [6.07, 6.45) is -1.03. The maximum atomic E-state index is 11.0. The highest BCUT2D eigenvalue weighted by Crippen LogP contribution is 2.05. The Morgan fingerprint density at radius 3 is 2.87 bits per heavy atom. The number of hydrogen-bond donors (Lipinski definition) is 4. The van der Waals surface area contributed by atoms with Crippen LogP contribution in [0.5, 0.6) is 0 Å². The molecule has 0 aromatic heterocycles.